The maximum atomic E-state index is 9.71. The lowest BCUT2D eigenvalue weighted by molar-refractivity contribution is 0.473. The maximum Gasteiger partial charge on any atom is 0.130 e. The van der Waals surface area contributed by atoms with Gasteiger partial charge in [-0.15, -0.1) is 11.3 Å². The Morgan fingerprint density at radius 2 is 1.94 bits per heavy atom. The molecule has 1 heterocycles. The van der Waals surface area contributed by atoms with E-state index in [-0.39, 0.29) is 0 Å². The molecule has 0 bridgehead atoms. The lowest BCUT2D eigenvalue weighted by Gasteiger charge is -1.98. The second-order valence-electron chi connectivity index (χ2n) is 3.51. The molecule has 0 spiro atoms. The Hall–Kier alpha value is -0.330. The zero-order valence-electron chi connectivity index (χ0n) is 8.00. The molecule has 1 N–H and O–H groups in total. The second kappa shape index (κ2) is 3.85. The fourth-order valence-corrected chi connectivity index (χ4v) is 4.34. The van der Waals surface area contributed by atoms with Crippen LogP contribution in [0.25, 0.3) is 20.2 Å². The van der Waals surface area contributed by atoms with Gasteiger partial charge in [0.1, 0.15) is 5.75 Å². The maximum absolute atomic E-state index is 9.71. The van der Waals surface area contributed by atoms with Gasteiger partial charge in [-0.3, -0.25) is 0 Å². The summed E-state index contributed by atoms with van der Waals surface area (Å²) in [4.78, 5) is 0. The van der Waals surface area contributed by atoms with Crippen molar-refractivity contribution in [3.63, 3.8) is 0 Å². The van der Waals surface area contributed by atoms with Gasteiger partial charge in [0, 0.05) is 23.7 Å². The summed E-state index contributed by atoms with van der Waals surface area (Å²) < 4.78 is 4.48. The summed E-state index contributed by atoms with van der Waals surface area (Å²) in [6.07, 6.45) is 0. The van der Waals surface area contributed by atoms with Crippen LogP contribution in [0.1, 0.15) is 0 Å². The van der Waals surface area contributed by atoms with Crippen molar-refractivity contribution >= 4 is 70.0 Å². The van der Waals surface area contributed by atoms with Crippen molar-refractivity contribution in [1.82, 2.24) is 0 Å². The highest BCUT2D eigenvalue weighted by Gasteiger charge is 2.10. The number of phenols is 1. The highest BCUT2D eigenvalue weighted by molar-refractivity contribution is 14.1. The molecule has 0 aliphatic heterocycles. The molecule has 0 fully saturated rings. The van der Waals surface area contributed by atoms with Gasteiger partial charge in [0.2, 0.25) is 0 Å². The molecule has 0 atom stereocenters. The number of halogens is 2. The van der Waals surface area contributed by atoms with E-state index in [9.17, 15) is 5.11 Å². The van der Waals surface area contributed by atoms with E-state index in [1.807, 2.05) is 6.07 Å². The molecular formula is C12H6BrIOS. The van der Waals surface area contributed by atoms with E-state index in [1.54, 1.807) is 17.4 Å². The second-order valence-corrected chi connectivity index (χ2v) is 6.64. The topological polar surface area (TPSA) is 20.2 Å². The minimum atomic E-state index is 0.297. The largest absolute Gasteiger partial charge is 0.507 e. The number of aromatic hydroxyl groups is 1. The minimum Gasteiger partial charge on any atom is -0.507 e. The Morgan fingerprint density at radius 1 is 1.12 bits per heavy atom. The summed E-state index contributed by atoms with van der Waals surface area (Å²) in [5.41, 5.74) is 0. The van der Waals surface area contributed by atoms with E-state index >= 15 is 0 Å². The predicted molar refractivity (Wildman–Crippen MR) is 81.4 cm³/mol. The van der Waals surface area contributed by atoms with E-state index in [1.165, 1.54) is 18.4 Å². The third kappa shape index (κ3) is 1.55. The fraction of sp³-hybridized carbons (Fsp3) is 0. The first kappa shape index (κ1) is 10.8. The van der Waals surface area contributed by atoms with E-state index < -0.39 is 0 Å². The van der Waals surface area contributed by atoms with Crippen LogP contribution in [0.3, 0.4) is 0 Å². The standard InChI is InChI=1S/C12H6BrIOS/c13-12-8(15)3-4-9-11(12)7-2-1-6(14)5-10(7)16-9/h1-5,15H. The highest BCUT2D eigenvalue weighted by Crippen LogP contribution is 2.42. The van der Waals surface area contributed by atoms with Gasteiger partial charge in [-0.2, -0.15) is 0 Å². The van der Waals surface area contributed by atoms with Crippen LogP contribution in [0.2, 0.25) is 0 Å². The summed E-state index contributed by atoms with van der Waals surface area (Å²) in [7, 11) is 0. The highest BCUT2D eigenvalue weighted by atomic mass is 127. The summed E-state index contributed by atoms with van der Waals surface area (Å²) in [6, 6.07) is 10.1. The minimum absolute atomic E-state index is 0.297. The van der Waals surface area contributed by atoms with Crippen molar-refractivity contribution < 1.29 is 5.11 Å². The van der Waals surface area contributed by atoms with E-state index in [2.05, 4.69) is 56.7 Å². The number of rotatable bonds is 0. The molecule has 16 heavy (non-hydrogen) atoms. The van der Waals surface area contributed by atoms with Crippen LogP contribution >= 0.6 is 49.9 Å². The number of phenolic OH excluding ortho intramolecular Hbond substituents is 1. The molecule has 0 radical (unpaired) electrons. The lowest BCUT2D eigenvalue weighted by atomic mass is 10.1. The molecule has 0 aliphatic rings. The Kier molecular flexibility index (Phi) is 2.60. The number of thiophene rings is 1. The molecular weight excluding hydrogens is 399 g/mol. The summed E-state index contributed by atoms with van der Waals surface area (Å²) in [5, 5.41) is 12.0. The Balaban J connectivity index is 2.57. The summed E-state index contributed by atoms with van der Waals surface area (Å²) in [6.45, 7) is 0. The Labute approximate surface area is 118 Å². The molecule has 0 saturated heterocycles. The average Bonchev–Trinajstić information content (AvgIpc) is 2.61. The molecule has 3 rings (SSSR count). The first-order valence-corrected chi connectivity index (χ1v) is 7.35. The van der Waals surface area contributed by atoms with Gasteiger partial charge >= 0.3 is 0 Å². The molecule has 4 heteroatoms. The molecule has 1 aromatic heterocycles. The van der Waals surface area contributed by atoms with E-state index in [4.69, 9.17) is 0 Å². The summed E-state index contributed by atoms with van der Waals surface area (Å²) >= 11 is 7.52. The van der Waals surface area contributed by atoms with Gasteiger partial charge in [0.05, 0.1) is 4.47 Å². The third-order valence-corrected chi connectivity index (χ3v) is 5.11. The first-order valence-electron chi connectivity index (χ1n) is 4.66. The van der Waals surface area contributed by atoms with Crippen LogP contribution in [0.5, 0.6) is 5.75 Å². The van der Waals surface area contributed by atoms with Gasteiger partial charge in [-0.1, -0.05) is 6.07 Å². The fourth-order valence-electron chi connectivity index (χ4n) is 1.79. The van der Waals surface area contributed by atoms with Crippen molar-refractivity contribution in [2.24, 2.45) is 0 Å². The molecule has 3 aromatic rings. The molecule has 0 aliphatic carbocycles. The van der Waals surface area contributed by atoms with Gasteiger partial charge in [0.25, 0.3) is 0 Å². The zero-order chi connectivity index (χ0) is 11.3. The number of hydrogen-bond acceptors (Lipinski definition) is 2. The van der Waals surface area contributed by atoms with E-state index in [0.29, 0.717) is 5.75 Å². The van der Waals surface area contributed by atoms with Gasteiger partial charge < -0.3 is 5.11 Å². The van der Waals surface area contributed by atoms with Gasteiger partial charge in [-0.05, 0) is 62.8 Å². The van der Waals surface area contributed by atoms with Crippen molar-refractivity contribution in [2.75, 3.05) is 0 Å². The average molecular weight is 405 g/mol. The van der Waals surface area contributed by atoms with Crippen LogP contribution < -0.4 is 0 Å². The monoisotopic (exact) mass is 404 g/mol. The number of fused-ring (bicyclic) bond motifs is 3. The van der Waals surface area contributed by atoms with Crippen LogP contribution in [0, 0.1) is 3.57 Å². The molecule has 0 unspecified atom stereocenters. The van der Waals surface area contributed by atoms with Crippen molar-refractivity contribution in [1.29, 1.82) is 0 Å². The van der Waals surface area contributed by atoms with Gasteiger partial charge in [-0.25, -0.2) is 0 Å². The Bertz CT molecular complexity index is 704. The Morgan fingerprint density at radius 3 is 2.75 bits per heavy atom. The first-order chi connectivity index (χ1) is 7.66. The predicted octanol–water partition coefficient (Wildman–Crippen LogP) is 5.13. The van der Waals surface area contributed by atoms with Crippen LogP contribution in [0.4, 0.5) is 0 Å². The zero-order valence-corrected chi connectivity index (χ0v) is 12.6. The molecule has 2 aromatic carbocycles. The molecule has 0 saturated carbocycles. The number of benzene rings is 2. The smallest absolute Gasteiger partial charge is 0.130 e. The van der Waals surface area contributed by atoms with Gasteiger partial charge in [0.15, 0.2) is 0 Å². The van der Waals surface area contributed by atoms with Crippen LogP contribution in [0.15, 0.2) is 34.8 Å². The van der Waals surface area contributed by atoms with Crippen molar-refractivity contribution in [2.45, 2.75) is 0 Å². The SMILES string of the molecule is Oc1ccc2sc3cc(I)ccc3c2c1Br. The van der Waals surface area contributed by atoms with E-state index in [0.717, 1.165) is 9.86 Å². The molecule has 80 valence electrons. The summed E-state index contributed by atoms with van der Waals surface area (Å²) in [5.74, 6) is 0.297. The van der Waals surface area contributed by atoms with Crippen molar-refractivity contribution in [3.05, 3.63) is 38.4 Å². The van der Waals surface area contributed by atoms with Crippen LogP contribution in [-0.4, -0.2) is 5.11 Å². The number of hydrogen-bond donors (Lipinski definition) is 1. The third-order valence-electron chi connectivity index (χ3n) is 2.52. The van der Waals surface area contributed by atoms with Crippen molar-refractivity contribution in [3.8, 4) is 5.75 Å². The van der Waals surface area contributed by atoms with Crippen LogP contribution in [-0.2, 0) is 0 Å². The lowest BCUT2D eigenvalue weighted by Crippen LogP contribution is -1.72. The molecule has 0 amide bonds. The molecule has 1 nitrogen and oxygen atoms in total. The quantitative estimate of drug-likeness (QED) is 0.515. The normalized spacial score (nSPS) is 11.4.